The average molecular weight is 429 g/mol. The van der Waals surface area contributed by atoms with Gasteiger partial charge in [-0.2, -0.15) is 0 Å². The van der Waals surface area contributed by atoms with Crippen molar-refractivity contribution >= 4 is 23.0 Å². The van der Waals surface area contributed by atoms with Gasteiger partial charge in [0.15, 0.2) is 11.7 Å². The molecule has 0 spiro atoms. The lowest BCUT2D eigenvalue weighted by Crippen LogP contribution is -2.40. The fraction of sp³-hybridized carbons (Fsp3) is 0.286. The smallest absolute Gasteiger partial charge is 0.217 e. The van der Waals surface area contributed by atoms with Crippen molar-refractivity contribution in [2.75, 3.05) is 25.5 Å². The number of methoxy groups -OCH3 is 1. The van der Waals surface area contributed by atoms with E-state index in [2.05, 4.69) is 46.9 Å². The number of ether oxygens (including phenoxy) is 1. The van der Waals surface area contributed by atoms with Gasteiger partial charge in [0.05, 0.1) is 18.5 Å². The number of nitrogens with zero attached hydrogens (tertiary/aromatic N) is 1. The van der Waals surface area contributed by atoms with Crippen LogP contribution < -0.4 is 31.6 Å². The van der Waals surface area contributed by atoms with Crippen LogP contribution in [-0.4, -0.2) is 30.7 Å². The highest BCUT2D eigenvalue weighted by Gasteiger charge is 2.18. The predicted molar refractivity (Wildman–Crippen MR) is 122 cm³/mol. The van der Waals surface area contributed by atoms with Gasteiger partial charge in [-0.05, 0) is 48.7 Å². The first-order valence-electron chi connectivity index (χ1n) is 9.59. The molecule has 8 nitrogen and oxygen atoms in total. The molecule has 9 heteroatoms. The fourth-order valence-corrected chi connectivity index (χ4v) is 3.85. The molecule has 1 heterocycles. The van der Waals surface area contributed by atoms with Crippen molar-refractivity contribution in [3.8, 4) is 5.75 Å². The van der Waals surface area contributed by atoms with E-state index in [9.17, 15) is 4.55 Å². The van der Waals surface area contributed by atoms with Gasteiger partial charge in [0, 0.05) is 24.8 Å². The molecule has 0 bridgehead atoms. The molecular weight excluding hydrogens is 400 g/mol. The lowest BCUT2D eigenvalue weighted by atomic mass is 9.97. The first-order chi connectivity index (χ1) is 14.4. The summed E-state index contributed by atoms with van der Waals surface area (Å²) in [6.45, 7) is 5.46. The molecular formula is C21H28N6O2S. The van der Waals surface area contributed by atoms with Gasteiger partial charge in [-0.1, -0.05) is 18.2 Å². The maximum absolute atomic E-state index is 11.7. The van der Waals surface area contributed by atoms with Crippen LogP contribution in [0.15, 0.2) is 58.2 Å². The van der Waals surface area contributed by atoms with Crippen LogP contribution in [0.5, 0.6) is 5.75 Å². The highest BCUT2D eigenvalue weighted by Crippen LogP contribution is 2.27. The number of guanidine groups is 1. The molecule has 2 aromatic carbocycles. The first kappa shape index (κ1) is 21.8. The van der Waals surface area contributed by atoms with Gasteiger partial charge < -0.3 is 31.0 Å². The van der Waals surface area contributed by atoms with Crippen LogP contribution in [0.4, 0.5) is 5.69 Å². The Balaban J connectivity index is 1.60. The van der Waals surface area contributed by atoms with E-state index in [0.29, 0.717) is 29.7 Å². The van der Waals surface area contributed by atoms with Gasteiger partial charge in [0.25, 0.3) is 0 Å². The molecule has 0 amide bonds. The van der Waals surface area contributed by atoms with Crippen molar-refractivity contribution in [3.63, 3.8) is 0 Å². The second-order valence-electron chi connectivity index (χ2n) is 6.97. The van der Waals surface area contributed by atoms with E-state index in [-0.39, 0.29) is 6.04 Å². The van der Waals surface area contributed by atoms with Gasteiger partial charge in [-0.3, -0.25) is 0 Å². The Labute approximate surface area is 180 Å². The third-order valence-corrected chi connectivity index (χ3v) is 5.73. The standard InChI is InChI=1S/C21H28N6O2S/c1-13-5-4-6-16(14(13)2)17-12-20(27-21(22)26-17)25-10-9-24-15-7-8-18(29-3)19(11-15)30(23)28/h4-8,11-12,17,24-25H,9-10,23H2,1-3H3,(H3,22,26,27). The molecule has 160 valence electrons. The SMILES string of the molecule is COc1ccc(NCCNC2=CC(c3cccc(C)c3C)N=C(N)N2)cc1[S+](N)[O-]. The quantitative estimate of drug-likeness (QED) is 0.320. The summed E-state index contributed by atoms with van der Waals surface area (Å²) in [5, 5.41) is 15.2. The molecule has 0 radical (unpaired) electrons. The zero-order chi connectivity index (χ0) is 21.7. The van der Waals surface area contributed by atoms with Gasteiger partial charge >= 0.3 is 0 Å². The molecule has 2 aromatic rings. The number of aryl methyl sites for hydroxylation is 1. The Kier molecular flexibility index (Phi) is 7.09. The van der Waals surface area contributed by atoms with E-state index in [0.717, 1.165) is 17.1 Å². The molecule has 1 aliphatic rings. The number of nitrogens with two attached hydrogens (primary N) is 2. The summed E-state index contributed by atoms with van der Waals surface area (Å²) in [7, 11) is 1.52. The molecule has 30 heavy (non-hydrogen) atoms. The molecule has 3 rings (SSSR count). The minimum atomic E-state index is -1.62. The van der Waals surface area contributed by atoms with Crippen molar-refractivity contribution in [1.29, 1.82) is 0 Å². The number of hydrogen-bond acceptors (Lipinski definition) is 8. The Morgan fingerprint density at radius 1 is 1.20 bits per heavy atom. The minimum absolute atomic E-state index is 0.134. The number of aliphatic imine (C=N–C) groups is 1. The summed E-state index contributed by atoms with van der Waals surface area (Å²) in [5.41, 5.74) is 10.4. The van der Waals surface area contributed by atoms with Crippen molar-refractivity contribution in [2.24, 2.45) is 15.9 Å². The Morgan fingerprint density at radius 3 is 2.70 bits per heavy atom. The van der Waals surface area contributed by atoms with E-state index >= 15 is 0 Å². The summed E-state index contributed by atoms with van der Waals surface area (Å²) in [6, 6.07) is 11.4. The lowest BCUT2D eigenvalue weighted by Gasteiger charge is -2.23. The van der Waals surface area contributed by atoms with E-state index in [4.69, 9.17) is 15.6 Å². The number of rotatable bonds is 8. The maximum Gasteiger partial charge on any atom is 0.217 e. The number of hydrogen-bond donors (Lipinski definition) is 5. The van der Waals surface area contributed by atoms with Crippen LogP contribution in [0.25, 0.3) is 0 Å². The van der Waals surface area contributed by atoms with E-state index in [1.54, 1.807) is 12.1 Å². The maximum atomic E-state index is 11.7. The van der Waals surface area contributed by atoms with E-state index in [1.165, 1.54) is 18.2 Å². The second-order valence-corrected chi connectivity index (χ2v) is 8.00. The number of nitrogens with one attached hydrogen (secondary N) is 3. The summed E-state index contributed by atoms with van der Waals surface area (Å²) in [5.74, 6) is 1.70. The average Bonchev–Trinajstić information content (AvgIpc) is 2.72. The predicted octanol–water partition coefficient (Wildman–Crippen LogP) is 1.80. The molecule has 0 saturated carbocycles. The molecule has 0 saturated heterocycles. The molecule has 2 unspecified atom stereocenters. The first-order valence-corrected chi connectivity index (χ1v) is 10.8. The van der Waals surface area contributed by atoms with Crippen LogP contribution in [0.3, 0.4) is 0 Å². The van der Waals surface area contributed by atoms with Crippen molar-refractivity contribution < 1.29 is 9.29 Å². The molecule has 0 aliphatic carbocycles. The van der Waals surface area contributed by atoms with Gasteiger partial charge in [-0.15, -0.1) is 5.14 Å². The lowest BCUT2D eigenvalue weighted by molar-refractivity contribution is 0.403. The van der Waals surface area contributed by atoms with Crippen LogP contribution in [0.1, 0.15) is 22.7 Å². The zero-order valence-corrected chi connectivity index (χ0v) is 18.2. The third kappa shape index (κ3) is 5.18. The number of benzene rings is 2. The molecule has 0 fully saturated rings. The second kappa shape index (κ2) is 9.75. The highest BCUT2D eigenvalue weighted by molar-refractivity contribution is 7.89. The molecule has 7 N–H and O–H groups in total. The monoisotopic (exact) mass is 428 g/mol. The Morgan fingerprint density at radius 2 is 1.97 bits per heavy atom. The Bertz CT molecular complexity index is 961. The number of anilines is 1. The topological polar surface area (TPSA) is 133 Å². The van der Waals surface area contributed by atoms with Crippen molar-refractivity contribution in [1.82, 2.24) is 10.6 Å². The summed E-state index contributed by atoms with van der Waals surface area (Å²) >= 11 is -1.62. The zero-order valence-electron chi connectivity index (χ0n) is 17.4. The largest absolute Gasteiger partial charge is 0.593 e. The summed E-state index contributed by atoms with van der Waals surface area (Å²) in [4.78, 5) is 4.97. The van der Waals surface area contributed by atoms with Crippen LogP contribution >= 0.6 is 0 Å². The molecule has 2 atom stereocenters. The summed E-state index contributed by atoms with van der Waals surface area (Å²) in [6.07, 6.45) is 2.03. The van der Waals surface area contributed by atoms with E-state index in [1.807, 2.05) is 18.2 Å². The van der Waals surface area contributed by atoms with Crippen LogP contribution in [0.2, 0.25) is 0 Å². The van der Waals surface area contributed by atoms with Crippen molar-refractivity contribution in [3.05, 3.63) is 65.0 Å². The molecule has 0 aromatic heterocycles. The van der Waals surface area contributed by atoms with Crippen molar-refractivity contribution in [2.45, 2.75) is 24.8 Å². The minimum Gasteiger partial charge on any atom is -0.593 e. The van der Waals surface area contributed by atoms with Crippen LogP contribution in [0, 0.1) is 13.8 Å². The Hall–Kier alpha value is -2.88. The molecule has 1 aliphatic heterocycles. The normalized spacial score (nSPS) is 16.8. The van der Waals surface area contributed by atoms with Gasteiger partial charge in [-0.25, -0.2) is 4.99 Å². The van der Waals surface area contributed by atoms with Crippen LogP contribution in [-0.2, 0) is 11.4 Å². The highest BCUT2D eigenvalue weighted by atomic mass is 32.2. The third-order valence-electron chi connectivity index (χ3n) is 4.98. The van der Waals surface area contributed by atoms with Gasteiger partial charge in [0.1, 0.15) is 11.9 Å². The fourth-order valence-electron chi connectivity index (χ4n) is 3.26. The summed E-state index contributed by atoms with van der Waals surface area (Å²) < 4.78 is 16.9. The van der Waals surface area contributed by atoms with Gasteiger partial charge in [0.2, 0.25) is 4.90 Å². The van der Waals surface area contributed by atoms with E-state index < -0.39 is 11.4 Å².